The number of alkyl carbamates (subject to hydrolysis) is 1. The van der Waals surface area contributed by atoms with Crippen LogP contribution in [0.3, 0.4) is 0 Å². The number of amides is 1. The third kappa shape index (κ3) is 6.05. The van der Waals surface area contributed by atoms with Crippen LogP contribution < -0.4 is 10.8 Å². The SMILES string of the molecule is O=C(NCNOC(=O)C(F)(F)F)OCc1ccccc1. The Kier molecular flexibility index (Phi) is 5.78. The topological polar surface area (TPSA) is 76.7 Å². The maximum Gasteiger partial charge on any atom is 0.492 e. The number of rotatable bonds is 5. The van der Waals surface area contributed by atoms with Crippen LogP contribution in [0, 0.1) is 0 Å². The molecule has 0 radical (unpaired) electrons. The lowest BCUT2D eigenvalue weighted by molar-refractivity contribution is -0.207. The van der Waals surface area contributed by atoms with E-state index in [4.69, 9.17) is 4.74 Å². The maximum atomic E-state index is 11.7. The number of hydrogen-bond donors (Lipinski definition) is 2. The smallest absolute Gasteiger partial charge is 0.445 e. The first-order valence-electron chi connectivity index (χ1n) is 5.35. The summed E-state index contributed by atoms with van der Waals surface area (Å²) in [5.74, 6) is -2.41. The molecular formula is C11H11F3N2O4. The van der Waals surface area contributed by atoms with E-state index in [1.165, 1.54) is 0 Å². The van der Waals surface area contributed by atoms with Gasteiger partial charge >= 0.3 is 18.2 Å². The molecule has 0 saturated carbocycles. The quantitative estimate of drug-likeness (QED) is 0.488. The van der Waals surface area contributed by atoms with Crippen molar-refractivity contribution in [3.05, 3.63) is 35.9 Å². The van der Waals surface area contributed by atoms with Gasteiger partial charge in [-0.3, -0.25) is 0 Å². The molecule has 0 spiro atoms. The van der Waals surface area contributed by atoms with Crippen molar-refractivity contribution in [2.24, 2.45) is 0 Å². The van der Waals surface area contributed by atoms with Gasteiger partial charge in [-0.25, -0.2) is 9.59 Å². The summed E-state index contributed by atoms with van der Waals surface area (Å²) in [5, 5.41) is 2.04. The van der Waals surface area contributed by atoms with E-state index in [-0.39, 0.29) is 6.61 Å². The highest BCUT2D eigenvalue weighted by molar-refractivity contribution is 5.75. The number of alkyl halides is 3. The Morgan fingerprint density at radius 2 is 1.80 bits per heavy atom. The van der Waals surface area contributed by atoms with Crippen LogP contribution in [0.1, 0.15) is 5.56 Å². The molecule has 0 aromatic heterocycles. The molecule has 1 rings (SSSR count). The summed E-state index contributed by atoms with van der Waals surface area (Å²) in [5.41, 5.74) is 2.39. The van der Waals surface area contributed by atoms with Crippen molar-refractivity contribution in [1.29, 1.82) is 0 Å². The van der Waals surface area contributed by atoms with Gasteiger partial charge in [-0.05, 0) is 5.56 Å². The van der Waals surface area contributed by atoms with Gasteiger partial charge in [0.15, 0.2) is 0 Å². The average Bonchev–Trinajstić information content (AvgIpc) is 2.41. The van der Waals surface area contributed by atoms with Gasteiger partial charge in [-0.1, -0.05) is 30.3 Å². The van der Waals surface area contributed by atoms with Gasteiger partial charge in [0.25, 0.3) is 0 Å². The molecule has 6 nitrogen and oxygen atoms in total. The zero-order chi connectivity index (χ0) is 15.0. The molecule has 0 unspecified atom stereocenters. The number of hydrogen-bond acceptors (Lipinski definition) is 5. The Bertz CT molecular complexity index is 451. The summed E-state index contributed by atoms with van der Waals surface area (Å²) >= 11 is 0. The fourth-order valence-electron chi connectivity index (χ4n) is 1.04. The zero-order valence-electron chi connectivity index (χ0n) is 10.1. The molecule has 2 N–H and O–H groups in total. The van der Waals surface area contributed by atoms with Crippen molar-refractivity contribution >= 4 is 12.1 Å². The second kappa shape index (κ2) is 7.34. The van der Waals surface area contributed by atoms with Crippen LogP contribution in [-0.4, -0.2) is 24.9 Å². The van der Waals surface area contributed by atoms with Crippen LogP contribution in [0.2, 0.25) is 0 Å². The van der Waals surface area contributed by atoms with Crippen LogP contribution >= 0.6 is 0 Å². The van der Waals surface area contributed by atoms with Crippen LogP contribution in [-0.2, 0) is 21.0 Å². The predicted octanol–water partition coefficient (Wildman–Crippen LogP) is 1.48. The van der Waals surface area contributed by atoms with Gasteiger partial charge < -0.3 is 14.9 Å². The lowest BCUT2D eigenvalue weighted by Crippen LogP contribution is -2.38. The second-order valence-electron chi connectivity index (χ2n) is 3.45. The Hall–Kier alpha value is -2.29. The molecule has 0 aliphatic carbocycles. The number of nitrogens with one attached hydrogen (secondary N) is 2. The standard InChI is InChI=1S/C11H11F3N2O4/c12-11(13,14)9(17)20-16-7-15-10(18)19-6-8-4-2-1-3-5-8/h1-5,16H,6-7H2,(H,15,18). The van der Waals surface area contributed by atoms with E-state index in [1.54, 1.807) is 35.8 Å². The Balaban J connectivity index is 2.13. The van der Waals surface area contributed by atoms with Gasteiger partial charge in [0.05, 0.1) is 0 Å². The van der Waals surface area contributed by atoms with E-state index in [9.17, 15) is 22.8 Å². The Labute approximate surface area is 111 Å². The lowest BCUT2D eigenvalue weighted by atomic mass is 10.2. The maximum absolute atomic E-state index is 11.7. The minimum absolute atomic E-state index is 0.00894. The molecule has 1 aromatic carbocycles. The normalized spacial score (nSPS) is 10.8. The number of hydroxylamine groups is 1. The van der Waals surface area contributed by atoms with E-state index in [0.29, 0.717) is 0 Å². The number of carbonyl (C=O) groups excluding carboxylic acids is 2. The number of ether oxygens (including phenoxy) is 1. The number of halogens is 3. The molecular weight excluding hydrogens is 281 g/mol. The van der Waals surface area contributed by atoms with E-state index in [1.807, 2.05) is 5.32 Å². The lowest BCUT2D eigenvalue weighted by Gasteiger charge is -2.09. The van der Waals surface area contributed by atoms with E-state index >= 15 is 0 Å². The zero-order valence-corrected chi connectivity index (χ0v) is 10.1. The van der Waals surface area contributed by atoms with Crippen molar-refractivity contribution < 1.29 is 32.3 Å². The van der Waals surface area contributed by atoms with Crippen molar-refractivity contribution in [1.82, 2.24) is 10.8 Å². The monoisotopic (exact) mass is 292 g/mol. The molecule has 0 aliphatic rings. The first-order valence-corrected chi connectivity index (χ1v) is 5.35. The van der Waals surface area contributed by atoms with Gasteiger partial charge in [-0.15, -0.1) is 5.48 Å². The molecule has 0 saturated heterocycles. The minimum Gasteiger partial charge on any atom is -0.445 e. The van der Waals surface area contributed by atoms with Crippen molar-refractivity contribution in [3.8, 4) is 0 Å². The predicted molar refractivity (Wildman–Crippen MR) is 59.9 cm³/mol. The fraction of sp³-hybridized carbons (Fsp3) is 0.273. The molecule has 20 heavy (non-hydrogen) atoms. The van der Waals surface area contributed by atoms with Gasteiger partial charge in [0.1, 0.15) is 13.3 Å². The van der Waals surface area contributed by atoms with Crippen LogP contribution in [0.5, 0.6) is 0 Å². The first-order chi connectivity index (χ1) is 9.39. The molecule has 110 valence electrons. The summed E-state index contributed by atoms with van der Waals surface area (Å²) < 4.78 is 39.9. The summed E-state index contributed by atoms with van der Waals surface area (Å²) in [7, 11) is 0. The molecule has 9 heteroatoms. The van der Waals surface area contributed by atoms with Gasteiger partial charge in [0, 0.05) is 0 Å². The number of carbonyl (C=O) groups is 2. The third-order valence-corrected chi connectivity index (χ3v) is 1.91. The Morgan fingerprint density at radius 1 is 1.15 bits per heavy atom. The molecule has 0 heterocycles. The fourth-order valence-corrected chi connectivity index (χ4v) is 1.04. The van der Waals surface area contributed by atoms with Crippen LogP contribution in [0.25, 0.3) is 0 Å². The van der Waals surface area contributed by atoms with E-state index in [0.717, 1.165) is 5.56 Å². The van der Waals surface area contributed by atoms with E-state index in [2.05, 4.69) is 4.84 Å². The van der Waals surface area contributed by atoms with E-state index < -0.39 is 24.9 Å². The number of benzene rings is 1. The summed E-state index contributed by atoms with van der Waals surface area (Å²) in [6.45, 7) is -0.509. The van der Waals surface area contributed by atoms with Crippen molar-refractivity contribution in [2.45, 2.75) is 12.8 Å². The molecule has 0 atom stereocenters. The Morgan fingerprint density at radius 3 is 2.40 bits per heavy atom. The molecule has 1 amide bonds. The second-order valence-corrected chi connectivity index (χ2v) is 3.45. The van der Waals surface area contributed by atoms with Crippen molar-refractivity contribution in [2.75, 3.05) is 6.67 Å². The third-order valence-electron chi connectivity index (χ3n) is 1.91. The molecule has 0 bridgehead atoms. The summed E-state index contributed by atoms with van der Waals surface area (Å²) in [6, 6.07) is 8.78. The highest BCUT2D eigenvalue weighted by Crippen LogP contribution is 2.15. The van der Waals surface area contributed by atoms with Crippen LogP contribution in [0.15, 0.2) is 30.3 Å². The largest absolute Gasteiger partial charge is 0.492 e. The molecule has 0 aliphatic heterocycles. The highest BCUT2D eigenvalue weighted by atomic mass is 19.4. The van der Waals surface area contributed by atoms with Crippen molar-refractivity contribution in [3.63, 3.8) is 0 Å². The first kappa shape index (κ1) is 15.8. The summed E-state index contributed by atoms with van der Waals surface area (Å²) in [6.07, 6.45) is -5.97. The summed E-state index contributed by atoms with van der Waals surface area (Å²) in [4.78, 5) is 25.0. The van der Waals surface area contributed by atoms with Gasteiger partial charge in [0.2, 0.25) is 0 Å². The van der Waals surface area contributed by atoms with Crippen LogP contribution in [0.4, 0.5) is 18.0 Å². The molecule has 0 fully saturated rings. The average molecular weight is 292 g/mol. The highest BCUT2D eigenvalue weighted by Gasteiger charge is 2.41. The minimum atomic E-state index is -5.10. The molecule has 1 aromatic rings. The van der Waals surface area contributed by atoms with Gasteiger partial charge in [-0.2, -0.15) is 13.2 Å².